The molecule has 0 unspecified atom stereocenters. The smallest absolute Gasteiger partial charge is 0.0728 e. The second kappa shape index (κ2) is 6.71. The summed E-state index contributed by atoms with van der Waals surface area (Å²) < 4.78 is 1.91. The Bertz CT molecular complexity index is 555. The molecular weight excluding hydrogens is 246 g/mol. The molecule has 20 heavy (non-hydrogen) atoms. The van der Waals surface area contributed by atoms with Gasteiger partial charge >= 0.3 is 0 Å². The normalized spacial score (nSPS) is 11.2. The Kier molecular flexibility index (Phi) is 4.96. The number of nitrogens with zero attached hydrogens (tertiary/aromatic N) is 2. The van der Waals surface area contributed by atoms with Gasteiger partial charge in [0.15, 0.2) is 0 Å². The van der Waals surface area contributed by atoms with Gasteiger partial charge in [0.2, 0.25) is 0 Å². The first kappa shape index (κ1) is 14.8. The number of hydrogen-bond donors (Lipinski definition) is 1. The molecular formula is C17H25N3. The predicted octanol–water partition coefficient (Wildman–Crippen LogP) is 3.71. The van der Waals surface area contributed by atoms with Gasteiger partial charge in [-0.05, 0) is 36.1 Å². The molecule has 0 saturated carbocycles. The predicted molar refractivity (Wildman–Crippen MR) is 84.7 cm³/mol. The van der Waals surface area contributed by atoms with Crippen molar-refractivity contribution in [2.75, 3.05) is 6.54 Å². The highest BCUT2D eigenvalue weighted by Crippen LogP contribution is 2.28. The van der Waals surface area contributed by atoms with Crippen LogP contribution in [0.2, 0.25) is 0 Å². The van der Waals surface area contributed by atoms with Crippen molar-refractivity contribution in [2.24, 2.45) is 7.05 Å². The number of hydrogen-bond acceptors (Lipinski definition) is 2. The minimum absolute atomic E-state index is 0.438. The molecule has 3 nitrogen and oxygen atoms in total. The molecule has 0 atom stereocenters. The molecule has 0 aliphatic carbocycles. The van der Waals surface area contributed by atoms with Crippen molar-refractivity contribution in [3.8, 4) is 11.1 Å². The maximum absolute atomic E-state index is 4.59. The molecule has 2 aromatic rings. The second-order valence-electron chi connectivity index (χ2n) is 5.63. The lowest BCUT2D eigenvalue weighted by Gasteiger charge is -2.08. The van der Waals surface area contributed by atoms with Crippen LogP contribution in [-0.2, 0) is 13.6 Å². The highest BCUT2D eigenvalue weighted by Gasteiger charge is 2.13. The van der Waals surface area contributed by atoms with Crippen LogP contribution in [0.15, 0.2) is 30.5 Å². The number of aryl methyl sites for hydroxylation is 1. The van der Waals surface area contributed by atoms with E-state index < -0.39 is 0 Å². The molecule has 3 heteroatoms. The van der Waals surface area contributed by atoms with E-state index in [4.69, 9.17) is 0 Å². The highest BCUT2D eigenvalue weighted by molar-refractivity contribution is 5.66. The number of benzene rings is 1. The lowest BCUT2D eigenvalue weighted by molar-refractivity contribution is 0.675. The van der Waals surface area contributed by atoms with Crippen LogP contribution in [0.25, 0.3) is 11.1 Å². The van der Waals surface area contributed by atoms with Gasteiger partial charge in [-0.25, -0.2) is 0 Å². The van der Waals surface area contributed by atoms with Crippen molar-refractivity contribution in [1.29, 1.82) is 0 Å². The fourth-order valence-electron chi connectivity index (χ4n) is 2.41. The van der Waals surface area contributed by atoms with Crippen molar-refractivity contribution < 1.29 is 0 Å². The van der Waals surface area contributed by atoms with Crippen LogP contribution in [0.5, 0.6) is 0 Å². The average molecular weight is 271 g/mol. The first-order chi connectivity index (χ1) is 9.61. The highest BCUT2D eigenvalue weighted by atomic mass is 15.3. The fourth-order valence-corrected chi connectivity index (χ4v) is 2.41. The van der Waals surface area contributed by atoms with Gasteiger partial charge in [0.05, 0.1) is 5.69 Å². The van der Waals surface area contributed by atoms with Crippen LogP contribution in [0.1, 0.15) is 44.4 Å². The van der Waals surface area contributed by atoms with Crippen molar-refractivity contribution >= 4 is 0 Å². The maximum Gasteiger partial charge on any atom is 0.0728 e. The Morgan fingerprint density at radius 1 is 1.30 bits per heavy atom. The molecule has 0 spiro atoms. The standard InChI is InChI=1S/C17H25N3/c1-5-9-18-11-14-7-6-8-15(10-14)16-12-20(4)19-17(16)13(2)3/h6-8,10,12-13,18H,5,9,11H2,1-4H3. The first-order valence-electron chi connectivity index (χ1n) is 7.45. The summed E-state index contributed by atoms with van der Waals surface area (Å²) in [6.45, 7) is 8.57. The Labute approximate surface area is 122 Å². The van der Waals surface area contributed by atoms with E-state index in [1.54, 1.807) is 0 Å². The van der Waals surface area contributed by atoms with E-state index >= 15 is 0 Å². The zero-order valence-electron chi connectivity index (χ0n) is 13.0. The summed E-state index contributed by atoms with van der Waals surface area (Å²) in [6.07, 6.45) is 3.29. The molecule has 1 aromatic heterocycles. The van der Waals surface area contributed by atoms with Gasteiger partial charge in [0, 0.05) is 25.4 Å². The second-order valence-corrected chi connectivity index (χ2v) is 5.63. The van der Waals surface area contributed by atoms with E-state index in [0.717, 1.165) is 13.1 Å². The van der Waals surface area contributed by atoms with Gasteiger partial charge in [0.1, 0.15) is 0 Å². The van der Waals surface area contributed by atoms with Crippen LogP contribution in [-0.4, -0.2) is 16.3 Å². The summed E-state index contributed by atoms with van der Waals surface area (Å²) in [7, 11) is 1.99. The SMILES string of the molecule is CCCNCc1cccc(-c2cn(C)nc2C(C)C)c1. The largest absolute Gasteiger partial charge is 0.313 e. The van der Waals surface area contributed by atoms with E-state index in [9.17, 15) is 0 Å². The molecule has 0 amide bonds. The van der Waals surface area contributed by atoms with Gasteiger partial charge in [-0.15, -0.1) is 0 Å². The molecule has 1 aromatic carbocycles. The third kappa shape index (κ3) is 3.48. The molecule has 0 fully saturated rings. The zero-order chi connectivity index (χ0) is 14.5. The van der Waals surface area contributed by atoms with Crippen LogP contribution in [0, 0.1) is 0 Å². The summed E-state index contributed by atoms with van der Waals surface area (Å²) in [5.74, 6) is 0.438. The molecule has 0 aliphatic heterocycles. The van der Waals surface area contributed by atoms with E-state index in [1.807, 2.05) is 11.7 Å². The molecule has 1 N–H and O–H groups in total. The van der Waals surface area contributed by atoms with E-state index in [2.05, 4.69) is 61.6 Å². The Hall–Kier alpha value is -1.61. The molecule has 108 valence electrons. The van der Waals surface area contributed by atoms with E-state index in [-0.39, 0.29) is 0 Å². The number of nitrogens with one attached hydrogen (secondary N) is 1. The molecule has 1 heterocycles. The van der Waals surface area contributed by atoms with Crippen molar-refractivity contribution in [1.82, 2.24) is 15.1 Å². The number of aromatic nitrogens is 2. The van der Waals surface area contributed by atoms with Crippen LogP contribution in [0.4, 0.5) is 0 Å². The van der Waals surface area contributed by atoms with Crippen molar-refractivity contribution in [2.45, 2.75) is 39.7 Å². The fraction of sp³-hybridized carbons (Fsp3) is 0.471. The summed E-state index contributed by atoms with van der Waals surface area (Å²) in [5.41, 5.74) is 5.01. The minimum Gasteiger partial charge on any atom is -0.313 e. The van der Waals surface area contributed by atoms with E-state index in [0.29, 0.717) is 5.92 Å². The first-order valence-corrected chi connectivity index (χ1v) is 7.45. The molecule has 0 radical (unpaired) electrons. The van der Waals surface area contributed by atoms with E-state index in [1.165, 1.54) is 28.8 Å². The minimum atomic E-state index is 0.438. The van der Waals surface area contributed by atoms with Gasteiger partial charge in [-0.3, -0.25) is 4.68 Å². The molecule has 2 rings (SSSR count). The molecule has 0 saturated heterocycles. The summed E-state index contributed by atoms with van der Waals surface area (Å²) in [4.78, 5) is 0. The zero-order valence-corrected chi connectivity index (χ0v) is 13.0. The molecule has 0 bridgehead atoms. The maximum atomic E-state index is 4.59. The van der Waals surface area contributed by atoms with Crippen LogP contribution < -0.4 is 5.32 Å². The van der Waals surface area contributed by atoms with Gasteiger partial charge < -0.3 is 5.32 Å². The lowest BCUT2D eigenvalue weighted by Crippen LogP contribution is -2.13. The number of rotatable bonds is 6. The Balaban J connectivity index is 2.26. The van der Waals surface area contributed by atoms with Gasteiger partial charge in [-0.2, -0.15) is 5.10 Å². The Morgan fingerprint density at radius 2 is 2.10 bits per heavy atom. The average Bonchev–Trinajstić information content (AvgIpc) is 2.82. The Morgan fingerprint density at radius 3 is 2.80 bits per heavy atom. The summed E-state index contributed by atoms with van der Waals surface area (Å²) >= 11 is 0. The summed E-state index contributed by atoms with van der Waals surface area (Å²) in [6, 6.07) is 8.75. The van der Waals surface area contributed by atoms with Crippen LogP contribution >= 0.6 is 0 Å². The van der Waals surface area contributed by atoms with Crippen molar-refractivity contribution in [3.05, 3.63) is 41.7 Å². The quantitative estimate of drug-likeness (QED) is 0.812. The summed E-state index contributed by atoms with van der Waals surface area (Å²) in [5, 5.41) is 8.04. The third-order valence-electron chi connectivity index (χ3n) is 3.40. The third-order valence-corrected chi connectivity index (χ3v) is 3.40. The van der Waals surface area contributed by atoms with Gasteiger partial charge in [-0.1, -0.05) is 39.0 Å². The molecule has 0 aliphatic rings. The monoisotopic (exact) mass is 271 g/mol. The lowest BCUT2D eigenvalue weighted by atomic mass is 9.99. The topological polar surface area (TPSA) is 29.9 Å². The van der Waals surface area contributed by atoms with Crippen LogP contribution in [0.3, 0.4) is 0 Å². The van der Waals surface area contributed by atoms with Gasteiger partial charge in [0.25, 0.3) is 0 Å². The van der Waals surface area contributed by atoms with Crippen molar-refractivity contribution in [3.63, 3.8) is 0 Å².